The number of likely N-dealkylation sites (tertiary alicyclic amines) is 1. The van der Waals surface area contributed by atoms with Crippen LogP contribution < -0.4 is 5.56 Å². The number of ether oxygens (including phenoxy) is 1. The number of hydrogen-bond donors (Lipinski definition) is 0. The Bertz CT molecular complexity index is 1020. The van der Waals surface area contributed by atoms with Crippen LogP contribution in [0.25, 0.3) is 20.7 Å². The van der Waals surface area contributed by atoms with Crippen molar-refractivity contribution in [2.24, 2.45) is 0 Å². The molecule has 1 fully saturated rings. The summed E-state index contributed by atoms with van der Waals surface area (Å²) in [5, 5.41) is 0.555. The van der Waals surface area contributed by atoms with Crippen molar-refractivity contribution in [3.63, 3.8) is 0 Å². The first-order valence-electron chi connectivity index (χ1n) is 8.42. The zero-order chi connectivity index (χ0) is 18.3. The summed E-state index contributed by atoms with van der Waals surface area (Å²) in [4.78, 5) is 32.8. The lowest BCUT2D eigenvalue weighted by Crippen LogP contribution is -2.55. The van der Waals surface area contributed by atoms with Crippen LogP contribution in [0.1, 0.15) is 5.56 Å². The molecule has 26 heavy (non-hydrogen) atoms. The Morgan fingerprint density at radius 3 is 2.73 bits per heavy atom. The van der Waals surface area contributed by atoms with Gasteiger partial charge < -0.3 is 9.64 Å². The molecule has 3 aromatic rings. The molecule has 2 aromatic heterocycles. The van der Waals surface area contributed by atoms with Gasteiger partial charge in [0.2, 0.25) is 5.91 Å². The minimum absolute atomic E-state index is 0.00786. The van der Waals surface area contributed by atoms with E-state index in [2.05, 4.69) is 4.98 Å². The van der Waals surface area contributed by atoms with Gasteiger partial charge in [-0.05, 0) is 18.6 Å². The number of hydrogen-bond acceptors (Lipinski definition) is 5. The lowest BCUT2D eigenvalue weighted by molar-refractivity contribution is -0.143. The first kappa shape index (κ1) is 16.9. The van der Waals surface area contributed by atoms with Crippen LogP contribution in [0.4, 0.5) is 0 Å². The third kappa shape index (κ3) is 3.04. The number of carbonyl (C=O) groups is 1. The largest absolute Gasteiger partial charge is 0.378 e. The third-order valence-corrected chi connectivity index (χ3v) is 5.79. The molecule has 0 aliphatic carbocycles. The molecule has 0 saturated carbocycles. The first-order chi connectivity index (χ1) is 12.5. The summed E-state index contributed by atoms with van der Waals surface area (Å²) in [6.07, 6.45) is 1.57. The maximum absolute atomic E-state index is 12.7. The monoisotopic (exact) mass is 369 g/mol. The summed E-state index contributed by atoms with van der Waals surface area (Å²) < 4.78 is 6.56. The van der Waals surface area contributed by atoms with Gasteiger partial charge in [-0.3, -0.25) is 14.2 Å². The number of carbonyl (C=O) groups excluding carboxylic acids is 1. The van der Waals surface area contributed by atoms with Crippen molar-refractivity contribution >= 4 is 27.5 Å². The van der Waals surface area contributed by atoms with Crippen LogP contribution in [0.2, 0.25) is 0 Å². The number of methoxy groups -OCH3 is 1. The van der Waals surface area contributed by atoms with Crippen molar-refractivity contribution in [1.82, 2.24) is 14.5 Å². The van der Waals surface area contributed by atoms with Gasteiger partial charge in [-0.15, -0.1) is 11.3 Å². The number of rotatable bonds is 4. The molecule has 1 aromatic carbocycles. The quantitative estimate of drug-likeness (QED) is 0.708. The van der Waals surface area contributed by atoms with Gasteiger partial charge in [0.25, 0.3) is 5.56 Å². The molecule has 0 unspecified atom stereocenters. The van der Waals surface area contributed by atoms with E-state index in [0.717, 1.165) is 10.4 Å². The molecule has 0 atom stereocenters. The zero-order valence-corrected chi connectivity index (χ0v) is 15.5. The molecule has 1 aliphatic rings. The zero-order valence-electron chi connectivity index (χ0n) is 14.6. The van der Waals surface area contributed by atoms with Crippen molar-refractivity contribution in [3.8, 4) is 10.4 Å². The van der Waals surface area contributed by atoms with Crippen molar-refractivity contribution in [2.75, 3.05) is 20.2 Å². The first-order valence-corrected chi connectivity index (χ1v) is 9.23. The number of aromatic nitrogens is 2. The number of benzene rings is 1. The molecule has 3 heterocycles. The van der Waals surface area contributed by atoms with Gasteiger partial charge in [0.15, 0.2) is 0 Å². The molecule has 4 rings (SSSR count). The van der Waals surface area contributed by atoms with E-state index in [1.165, 1.54) is 27.8 Å². The summed E-state index contributed by atoms with van der Waals surface area (Å²) in [6, 6.07) is 10.0. The van der Waals surface area contributed by atoms with Crippen LogP contribution >= 0.6 is 11.3 Å². The molecule has 1 saturated heterocycles. The molecular weight excluding hydrogens is 350 g/mol. The van der Waals surface area contributed by atoms with Gasteiger partial charge >= 0.3 is 0 Å². The predicted octanol–water partition coefficient (Wildman–Crippen LogP) is 2.29. The van der Waals surface area contributed by atoms with Gasteiger partial charge in [-0.1, -0.05) is 29.8 Å². The second-order valence-corrected chi connectivity index (χ2v) is 7.56. The van der Waals surface area contributed by atoms with E-state index in [-0.39, 0.29) is 24.1 Å². The van der Waals surface area contributed by atoms with Gasteiger partial charge in [0.05, 0.1) is 17.8 Å². The van der Waals surface area contributed by atoms with Gasteiger partial charge in [0, 0.05) is 25.1 Å². The SMILES string of the molecule is COC1CN(C(=O)Cn2cnc3sc(-c4ccc(C)cc4)cc3c2=O)C1. The molecular formula is C19H19N3O3S. The molecule has 0 spiro atoms. The normalized spacial score (nSPS) is 14.6. The van der Waals surface area contributed by atoms with Crippen molar-refractivity contribution in [2.45, 2.75) is 19.6 Å². The fourth-order valence-electron chi connectivity index (χ4n) is 2.97. The highest BCUT2D eigenvalue weighted by molar-refractivity contribution is 7.21. The Balaban J connectivity index is 1.60. The second kappa shape index (κ2) is 6.66. The molecule has 0 radical (unpaired) electrons. The lowest BCUT2D eigenvalue weighted by atomic mass is 10.1. The van der Waals surface area contributed by atoms with Crippen molar-refractivity contribution in [1.29, 1.82) is 0 Å². The molecule has 7 heteroatoms. The van der Waals surface area contributed by atoms with E-state index in [1.54, 1.807) is 12.0 Å². The molecule has 1 aliphatic heterocycles. The maximum atomic E-state index is 12.7. The van der Waals surface area contributed by atoms with Gasteiger partial charge in [0.1, 0.15) is 11.4 Å². The fraction of sp³-hybridized carbons (Fsp3) is 0.316. The van der Waals surface area contributed by atoms with Crippen LogP contribution in [0.5, 0.6) is 0 Å². The second-order valence-electron chi connectivity index (χ2n) is 6.53. The van der Waals surface area contributed by atoms with Gasteiger partial charge in [-0.25, -0.2) is 4.98 Å². The number of thiophene rings is 1. The van der Waals surface area contributed by atoms with E-state index < -0.39 is 0 Å². The van der Waals surface area contributed by atoms with Crippen molar-refractivity contribution in [3.05, 3.63) is 52.6 Å². The number of aryl methyl sites for hydroxylation is 1. The Labute approximate surface area is 154 Å². The average Bonchev–Trinajstić information content (AvgIpc) is 3.02. The summed E-state index contributed by atoms with van der Waals surface area (Å²) in [5.74, 6) is -0.0875. The fourth-order valence-corrected chi connectivity index (χ4v) is 3.96. The highest BCUT2D eigenvalue weighted by Gasteiger charge is 2.30. The Hall–Kier alpha value is -2.51. The van der Waals surface area contributed by atoms with Crippen LogP contribution in [0, 0.1) is 6.92 Å². The number of fused-ring (bicyclic) bond motifs is 1. The van der Waals surface area contributed by atoms with E-state index in [9.17, 15) is 9.59 Å². The topological polar surface area (TPSA) is 64.4 Å². The van der Waals surface area contributed by atoms with Crippen LogP contribution in [-0.4, -0.2) is 46.7 Å². The van der Waals surface area contributed by atoms with Crippen molar-refractivity contribution < 1.29 is 9.53 Å². The summed E-state index contributed by atoms with van der Waals surface area (Å²) >= 11 is 1.49. The highest BCUT2D eigenvalue weighted by Crippen LogP contribution is 2.30. The standard InChI is InChI=1S/C19H19N3O3S/c1-12-3-5-13(6-4-12)16-7-15-18(26-16)20-11-22(19(15)24)10-17(23)21-8-14(9-21)25-2/h3-7,11,14H,8-10H2,1-2H3. The van der Waals surface area contributed by atoms with Crippen LogP contribution in [0.3, 0.4) is 0 Å². The third-order valence-electron chi connectivity index (χ3n) is 4.69. The highest BCUT2D eigenvalue weighted by atomic mass is 32.1. The lowest BCUT2D eigenvalue weighted by Gasteiger charge is -2.38. The summed E-state index contributed by atoms with van der Waals surface area (Å²) in [6.45, 7) is 3.21. The smallest absolute Gasteiger partial charge is 0.262 e. The molecule has 134 valence electrons. The molecule has 6 nitrogen and oxygen atoms in total. The van der Waals surface area contributed by atoms with E-state index in [1.807, 2.05) is 37.3 Å². The minimum Gasteiger partial charge on any atom is -0.378 e. The number of nitrogens with zero attached hydrogens (tertiary/aromatic N) is 3. The number of amides is 1. The summed E-state index contributed by atoms with van der Waals surface area (Å²) in [5.41, 5.74) is 2.07. The Morgan fingerprint density at radius 1 is 1.31 bits per heavy atom. The van der Waals surface area contributed by atoms with E-state index >= 15 is 0 Å². The molecule has 1 amide bonds. The van der Waals surface area contributed by atoms with E-state index in [0.29, 0.717) is 23.3 Å². The Kier molecular flexibility index (Phi) is 4.34. The molecule has 0 N–H and O–H groups in total. The minimum atomic E-state index is -0.179. The summed E-state index contributed by atoms with van der Waals surface area (Å²) in [7, 11) is 1.64. The molecule has 0 bridgehead atoms. The van der Waals surface area contributed by atoms with E-state index in [4.69, 9.17) is 4.74 Å². The Morgan fingerprint density at radius 2 is 2.04 bits per heavy atom. The predicted molar refractivity (Wildman–Crippen MR) is 101 cm³/mol. The van der Waals surface area contributed by atoms with Crippen LogP contribution in [-0.2, 0) is 16.1 Å². The maximum Gasteiger partial charge on any atom is 0.262 e. The van der Waals surface area contributed by atoms with Crippen LogP contribution in [0.15, 0.2) is 41.5 Å². The average molecular weight is 369 g/mol. The van der Waals surface area contributed by atoms with Gasteiger partial charge in [-0.2, -0.15) is 0 Å².